The lowest BCUT2D eigenvalue weighted by atomic mass is 10.2. The van der Waals surface area contributed by atoms with E-state index in [-0.39, 0.29) is 19.1 Å². The summed E-state index contributed by atoms with van der Waals surface area (Å²) < 4.78 is 9.02. The molecule has 0 aliphatic carbocycles. The van der Waals surface area contributed by atoms with E-state index >= 15 is 0 Å². The number of aliphatic hydroxyl groups excluding tert-OH is 2. The number of fused-ring (bicyclic) bond motifs is 2. The molecular formula is C25H23N5O4. The fourth-order valence-electron chi connectivity index (χ4n) is 3.75. The molecule has 9 heteroatoms. The van der Waals surface area contributed by atoms with Crippen molar-refractivity contribution in [3.8, 4) is 5.75 Å². The molecule has 34 heavy (non-hydrogen) atoms. The zero-order valence-electron chi connectivity index (χ0n) is 18.2. The van der Waals surface area contributed by atoms with Crippen molar-refractivity contribution in [1.29, 1.82) is 0 Å². The molecule has 2 aromatic carbocycles. The molecule has 3 N–H and O–H groups in total. The van der Waals surface area contributed by atoms with E-state index in [0.29, 0.717) is 29.3 Å². The second-order valence-electron chi connectivity index (χ2n) is 7.86. The first-order valence-corrected chi connectivity index (χ1v) is 10.8. The van der Waals surface area contributed by atoms with Crippen molar-refractivity contribution in [1.82, 2.24) is 19.2 Å². The van der Waals surface area contributed by atoms with Gasteiger partial charge in [0.05, 0.1) is 36.7 Å². The number of nitrogens with one attached hydrogen (secondary N) is 1. The van der Waals surface area contributed by atoms with Crippen molar-refractivity contribution in [2.75, 3.05) is 18.5 Å². The van der Waals surface area contributed by atoms with Crippen LogP contribution in [0, 0.1) is 0 Å². The fraction of sp³-hybridized carbons (Fsp3) is 0.160. The second kappa shape index (κ2) is 9.34. The monoisotopic (exact) mass is 457 g/mol. The summed E-state index contributed by atoms with van der Waals surface area (Å²) in [5, 5.41) is 26.7. The van der Waals surface area contributed by atoms with Gasteiger partial charge in [0, 0.05) is 17.6 Å². The van der Waals surface area contributed by atoms with E-state index in [9.17, 15) is 9.90 Å². The van der Waals surface area contributed by atoms with E-state index < -0.39 is 6.10 Å². The Bertz CT molecular complexity index is 1440. The number of aliphatic hydroxyl groups is 2. The fourth-order valence-corrected chi connectivity index (χ4v) is 3.75. The lowest BCUT2D eigenvalue weighted by Gasteiger charge is -2.10. The van der Waals surface area contributed by atoms with E-state index in [1.807, 2.05) is 41.1 Å². The minimum atomic E-state index is -0.961. The van der Waals surface area contributed by atoms with Crippen LogP contribution in [0.5, 0.6) is 5.75 Å². The van der Waals surface area contributed by atoms with Gasteiger partial charge in [-0.15, -0.1) is 0 Å². The largest absolute Gasteiger partial charge is 0.491 e. The summed E-state index contributed by atoms with van der Waals surface area (Å²) in [7, 11) is 0. The number of ether oxygens (including phenoxy) is 1. The van der Waals surface area contributed by atoms with Crippen molar-refractivity contribution >= 4 is 28.1 Å². The predicted octanol–water partition coefficient (Wildman–Crippen LogP) is 2.72. The van der Waals surface area contributed by atoms with Gasteiger partial charge in [0.2, 0.25) is 0 Å². The van der Waals surface area contributed by atoms with E-state index in [1.165, 1.54) is 6.20 Å². The summed E-state index contributed by atoms with van der Waals surface area (Å²) in [5.41, 5.74) is 3.61. The first kappa shape index (κ1) is 21.6. The number of benzene rings is 2. The van der Waals surface area contributed by atoms with Crippen LogP contribution in [0.2, 0.25) is 0 Å². The van der Waals surface area contributed by atoms with Gasteiger partial charge in [-0.05, 0) is 23.8 Å². The van der Waals surface area contributed by atoms with Crippen LogP contribution < -0.4 is 10.1 Å². The molecule has 3 aromatic heterocycles. The number of carbonyl (C=O) groups excluding carboxylic acids is 1. The maximum Gasteiger partial charge on any atom is 0.274 e. The number of carbonyl (C=O) groups is 1. The summed E-state index contributed by atoms with van der Waals surface area (Å²) in [6.07, 6.45) is 3.97. The third-order valence-electron chi connectivity index (χ3n) is 5.48. The van der Waals surface area contributed by atoms with Crippen molar-refractivity contribution in [3.63, 3.8) is 0 Å². The van der Waals surface area contributed by atoms with Crippen molar-refractivity contribution in [2.45, 2.75) is 12.6 Å². The van der Waals surface area contributed by atoms with Gasteiger partial charge in [0.25, 0.3) is 5.91 Å². The SMILES string of the molecule is O=C(Nc1cccc2c1cnn2Cc1ccccc1)c1cnc2cc(OCC(O)CO)ccn12. The van der Waals surface area contributed by atoms with Gasteiger partial charge in [0.1, 0.15) is 29.8 Å². The summed E-state index contributed by atoms with van der Waals surface area (Å²) in [4.78, 5) is 17.4. The van der Waals surface area contributed by atoms with E-state index in [2.05, 4.69) is 27.5 Å². The molecule has 3 heterocycles. The van der Waals surface area contributed by atoms with Gasteiger partial charge in [-0.25, -0.2) is 4.98 Å². The van der Waals surface area contributed by atoms with E-state index in [4.69, 9.17) is 9.84 Å². The molecule has 1 atom stereocenters. The number of amides is 1. The third-order valence-corrected chi connectivity index (χ3v) is 5.48. The number of nitrogens with zero attached hydrogens (tertiary/aromatic N) is 4. The van der Waals surface area contributed by atoms with Crippen LogP contribution in [0.25, 0.3) is 16.6 Å². The van der Waals surface area contributed by atoms with Gasteiger partial charge in [-0.1, -0.05) is 36.4 Å². The van der Waals surface area contributed by atoms with Gasteiger partial charge in [-0.3, -0.25) is 13.9 Å². The molecule has 0 radical (unpaired) electrons. The highest BCUT2D eigenvalue weighted by atomic mass is 16.5. The Morgan fingerprint density at radius 2 is 1.94 bits per heavy atom. The lowest BCUT2D eigenvalue weighted by molar-refractivity contribution is 0.0536. The minimum absolute atomic E-state index is 0.0390. The first-order valence-electron chi connectivity index (χ1n) is 10.8. The Morgan fingerprint density at radius 1 is 1.09 bits per heavy atom. The molecule has 9 nitrogen and oxygen atoms in total. The Morgan fingerprint density at radius 3 is 2.76 bits per heavy atom. The Hall–Kier alpha value is -4.21. The molecule has 1 amide bonds. The molecule has 0 bridgehead atoms. The van der Waals surface area contributed by atoms with Crippen LogP contribution in [0.3, 0.4) is 0 Å². The van der Waals surface area contributed by atoms with Gasteiger partial charge in [-0.2, -0.15) is 5.10 Å². The minimum Gasteiger partial charge on any atom is -0.491 e. The van der Waals surface area contributed by atoms with Crippen molar-refractivity contribution in [3.05, 3.63) is 90.5 Å². The highest BCUT2D eigenvalue weighted by Gasteiger charge is 2.16. The molecule has 0 spiro atoms. The number of hydrogen-bond donors (Lipinski definition) is 3. The zero-order chi connectivity index (χ0) is 23.5. The summed E-state index contributed by atoms with van der Waals surface area (Å²) in [6.45, 7) is 0.214. The Labute approximate surface area is 194 Å². The molecule has 0 aliphatic heterocycles. The zero-order valence-corrected chi connectivity index (χ0v) is 18.2. The summed E-state index contributed by atoms with van der Waals surface area (Å²) in [5.74, 6) is 0.174. The number of aromatic nitrogens is 4. The van der Waals surface area contributed by atoms with Crippen LogP contribution in [0.4, 0.5) is 5.69 Å². The predicted molar refractivity (Wildman–Crippen MR) is 127 cm³/mol. The smallest absolute Gasteiger partial charge is 0.274 e. The number of rotatable bonds is 8. The van der Waals surface area contributed by atoms with Gasteiger partial charge < -0.3 is 20.3 Å². The van der Waals surface area contributed by atoms with Crippen LogP contribution >= 0.6 is 0 Å². The molecule has 0 fully saturated rings. The maximum absolute atomic E-state index is 13.1. The third kappa shape index (κ3) is 4.34. The van der Waals surface area contributed by atoms with Crippen molar-refractivity contribution in [2.24, 2.45) is 0 Å². The lowest BCUT2D eigenvalue weighted by Crippen LogP contribution is -2.21. The van der Waals surface area contributed by atoms with E-state index in [0.717, 1.165) is 16.5 Å². The number of anilines is 1. The molecule has 0 aliphatic rings. The number of imidazole rings is 1. The van der Waals surface area contributed by atoms with E-state index in [1.54, 1.807) is 28.9 Å². The van der Waals surface area contributed by atoms with Crippen LogP contribution in [-0.2, 0) is 6.54 Å². The Kier molecular flexibility index (Phi) is 5.94. The second-order valence-corrected chi connectivity index (χ2v) is 7.86. The summed E-state index contributed by atoms with van der Waals surface area (Å²) >= 11 is 0. The highest BCUT2D eigenvalue weighted by Crippen LogP contribution is 2.25. The van der Waals surface area contributed by atoms with Crippen molar-refractivity contribution < 1.29 is 19.7 Å². The molecule has 0 saturated heterocycles. The molecule has 5 rings (SSSR count). The molecule has 172 valence electrons. The summed E-state index contributed by atoms with van der Waals surface area (Å²) in [6, 6.07) is 19.1. The average molecular weight is 457 g/mol. The average Bonchev–Trinajstić information content (AvgIpc) is 3.48. The van der Waals surface area contributed by atoms with Crippen LogP contribution in [-0.4, -0.2) is 54.6 Å². The first-order chi connectivity index (χ1) is 16.6. The number of hydrogen-bond acceptors (Lipinski definition) is 6. The molecule has 0 saturated carbocycles. The number of pyridine rings is 1. The maximum atomic E-state index is 13.1. The molecule has 5 aromatic rings. The quantitative estimate of drug-likeness (QED) is 0.330. The Balaban J connectivity index is 1.36. The standard InChI is InChI=1S/C25H23N5O4/c31-15-18(32)16-34-19-9-10-29-23(13-26-24(29)11-19)25(33)28-21-7-4-8-22-20(21)12-27-30(22)14-17-5-2-1-3-6-17/h1-13,18,31-32H,14-16H2,(H,28,33). The normalized spacial score (nSPS) is 12.2. The topological polar surface area (TPSA) is 114 Å². The highest BCUT2D eigenvalue weighted by molar-refractivity contribution is 6.08. The van der Waals surface area contributed by atoms with Crippen LogP contribution in [0.1, 0.15) is 16.1 Å². The molecule has 1 unspecified atom stereocenters. The van der Waals surface area contributed by atoms with Gasteiger partial charge >= 0.3 is 0 Å². The van der Waals surface area contributed by atoms with Crippen LogP contribution in [0.15, 0.2) is 79.3 Å². The molecular weight excluding hydrogens is 434 g/mol. The van der Waals surface area contributed by atoms with Gasteiger partial charge in [0.15, 0.2) is 0 Å².